The van der Waals surface area contributed by atoms with E-state index in [2.05, 4.69) is 29.5 Å². The van der Waals surface area contributed by atoms with Crippen molar-refractivity contribution in [3.8, 4) is 6.07 Å². The van der Waals surface area contributed by atoms with Gasteiger partial charge >= 0.3 is 0 Å². The summed E-state index contributed by atoms with van der Waals surface area (Å²) in [6.45, 7) is 4.39. The molecule has 0 aliphatic carbocycles. The van der Waals surface area contributed by atoms with Crippen LogP contribution in [0.1, 0.15) is 57.6 Å². The molecule has 2 rings (SSSR count). The molecule has 106 valence electrons. The summed E-state index contributed by atoms with van der Waals surface area (Å²) in [4.78, 5) is 4.43. The first-order valence-corrected chi connectivity index (χ1v) is 7.38. The van der Waals surface area contributed by atoms with E-state index in [9.17, 15) is 0 Å². The number of hydrogen-bond donors (Lipinski definition) is 1. The number of benzene rings is 1. The van der Waals surface area contributed by atoms with E-state index in [1.54, 1.807) is 6.07 Å². The van der Waals surface area contributed by atoms with Crippen LogP contribution in [0.15, 0.2) is 18.2 Å². The van der Waals surface area contributed by atoms with Crippen molar-refractivity contribution in [3.63, 3.8) is 0 Å². The zero-order valence-electron chi connectivity index (χ0n) is 12.3. The van der Waals surface area contributed by atoms with E-state index in [1.807, 2.05) is 12.1 Å². The molecule has 1 aromatic carbocycles. The molecule has 1 unspecified atom stereocenters. The highest BCUT2D eigenvalue weighted by atomic mass is 15.2. The van der Waals surface area contributed by atoms with Crippen molar-refractivity contribution in [2.24, 2.45) is 0 Å². The summed E-state index contributed by atoms with van der Waals surface area (Å²) >= 11 is 0. The van der Waals surface area contributed by atoms with Crippen LogP contribution in [0.4, 0.5) is 5.95 Å². The zero-order chi connectivity index (χ0) is 14.5. The summed E-state index contributed by atoms with van der Waals surface area (Å²) in [5, 5.41) is 9.07. The number of rotatable bonds is 6. The molecule has 4 nitrogen and oxygen atoms in total. The number of nitrogens with zero attached hydrogens (tertiary/aromatic N) is 3. The van der Waals surface area contributed by atoms with Crippen molar-refractivity contribution in [1.29, 1.82) is 5.26 Å². The Kier molecular flexibility index (Phi) is 4.62. The summed E-state index contributed by atoms with van der Waals surface area (Å²) < 4.78 is 2.12. The van der Waals surface area contributed by atoms with Gasteiger partial charge in [0.2, 0.25) is 5.95 Å². The minimum Gasteiger partial charge on any atom is -0.369 e. The highest BCUT2D eigenvalue weighted by Crippen LogP contribution is 2.29. The van der Waals surface area contributed by atoms with Crippen LogP contribution in [0.25, 0.3) is 11.0 Å². The van der Waals surface area contributed by atoms with Gasteiger partial charge < -0.3 is 10.3 Å². The van der Waals surface area contributed by atoms with Crippen LogP contribution in [0.5, 0.6) is 0 Å². The van der Waals surface area contributed by atoms with Crippen molar-refractivity contribution in [2.75, 3.05) is 5.73 Å². The Bertz CT molecular complexity index is 621. The average molecular weight is 270 g/mol. The van der Waals surface area contributed by atoms with Crippen molar-refractivity contribution in [1.82, 2.24) is 9.55 Å². The van der Waals surface area contributed by atoms with Crippen LogP contribution in [0, 0.1) is 11.3 Å². The molecule has 0 bridgehead atoms. The molecule has 2 aromatic rings. The summed E-state index contributed by atoms with van der Waals surface area (Å²) in [5.41, 5.74) is 8.63. The number of anilines is 1. The predicted molar refractivity (Wildman–Crippen MR) is 82.3 cm³/mol. The van der Waals surface area contributed by atoms with Gasteiger partial charge in [-0.1, -0.05) is 33.1 Å². The topological polar surface area (TPSA) is 67.6 Å². The van der Waals surface area contributed by atoms with Gasteiger partial charge in [0.1, 0.15) is 0 Å². The van der Waals surface area contributed by atoms with Crippen LogP contribution >= 0.6 is 0 Å². The Balaban J connectivity index is 2.49. The van der Waals surface area contributed by atoms with E-state index >= 15 is 0 Å². The molecular weight excluding hydrogens is 248 g/mol. The van der Waals surface area contributed by atoms with Gasteiger partial charge in [-0.15, -0.1) is 0 Å². The molecule has 1 aromatic heterocycles. The molecule has 1 atom stereocenters. The van der Waals surface area contributed by atoms with Crippen LogP contribution in [-0.2, 0) is 0 Å². The lowest BCUT2D eigenvalue weighted by atomic mass is 10.0. The van der Waals surface area contributed by atoms with Gasteiger partial charge in [-0.3, -0.25) is 0 Å². The number of nitrogens with two attached hydrogens (primary N) is 1. The van der Waals surface area contributed by atoms with Gasteiger partial charge in [-0.2, -0.15) is 5.26 Å². The molecule has 1 heterocycles. The lowest BCUT2D eigenvalue weighted by Gasteiger charge is -2.20. The number of unbranched alkanes of at least 4 members (excludes halogenated alkanes) is 1. The van der Waals surface area contributed by atoms with E-state index in [0.717, 1.165) is 30.3 Å². The van der Waals surface area contributed by atoms with Crippen molar-refractivity contribution >= 4 is 17.0 Å². The predicted octanol–water partition coefficient (Wildman–Crippen LogP) is 4.02. The smallest absolute Gasteiger partial charge is 0.201 e. The molecular formula is C16H22N4. The highest BCUT2D eigenvalue weighted by Gasteiger charge is 2.17. The minimum absolute atomic E-state index is 0.374. The second-order valence-electron chi connectivity index (χ2n) is 5.24. The van der Waals surface area contributed by atoms with Gasteiger partial charge in [0.05, 0.1) is 22.7 Å². The molecule has 0 aliphatic heterocycles. The van der Waals surface area contributed by atoms with E-state index < -0.39 is 0 Å². The fourth-order valence-electron chi connectivity index (χ4n) is 2.74. The van der Waals surface area contributed by atoms with Gasteiger partial charge in [-0.05, 0) is 31.0 Å². The van der Waals surface area contributed by atoms with E-state index in [-0.39, 0.29) is 0 Å². The first kappa shape index (κ1) is 14.4. The van der Waals surface area contributed by atoms with Crippen LogP contribution < -0.4 is 5.73 Å². The molecule has 0 spiro atoms. The van der Waals surface area contributed by atoms with Crippen molar-refractivity contribution < 1.29 is 0 Å². The Morgan fingerprint density at radius 2 is 2.10 bits per heavy atom. The summed E-state index contributed by atoms with van der Waals surface area (Å²) in [6, 6.07) is 8.13. The lowest BCUT2D eigenvalue weighted by molar-refractivity contribution is 0.430. The van der Waals surface area contributed by atoms with Gasteiger partial charge in [0.25, 0.3) is 0 Å². The van der Waals surface area contributed by atoms with Crippen LogP contribution in [0.2, 0.25) is 0 Å². The standard InChI is InChI=1S/C16H22N4/c1-3-5-7-13(6-4-2)20-15-10-12(11-17)8-9-14(15)19-16(20)18/h8-10,13H,3-7H2,1-2H3,(H2,18,19). The average Bonchev–Trinajstić information content (AvgIpc) is 2.78. The maximum absolute atomic E-state index is 9.07. The maximum atomic E-state index is 9.07. The third-order valence-electron chi connectivity index (χ3n) is 3.72. The van der Waals surface area contributed by atoms with E-state index in [1.165, 1.54) is 12.8 Å². The molecule has 2 N–H and O–H groups in total. The largest absolute Gasteiger partial charge is 0.369 e. The molecule has 0 saturated carbocycles. The van der Waals surface area contributed by atoms with E-state index in [4.69, 9.17) is 11.0 Å². The van der Waals surface area contributed by atoms with Crippen LogP contribution in [0.3, 0.4) is 0 Å². The fourth-order valence-corrected chi connectivity index (χ4v) is 2.74. The van der Waals surface area contributed by atoms with Crippen molar-refractivity contribution in [2.45, 2.75) is 52.0 Å². The Morgan fingerprint density at radius 1 is 1.30 bits per heavy atom. The second kappa shape index (κ2) is 6.42. The fraction of sp³-hybridized carbons (Fsp3) is 0.500. The third-order valence-corrected chi connectivity index (χ3v) is 3.72. The normalized spacial score (nSPS) is 12.4. The van der Waals surface area contributed by atoms with Crippen LogP contribution in [-0.4, -0.2) is 9.55 Å². The first-order valence-electron chi connectivity index (χ1n) is 7.38. The van der Waals surface area contributed by atoms with Gasteiger partial charge in [0, 0.05) is 6.04 Å². The van der Waals surface area contributed by atoms with E-state index in [0.29, 0.717) is 17.6 Å². The minimum atomic E-state index is 0.374. The second-order valence-corrected chi connectivity index (χ2v) is 5.24. The summed E-state index contributed by atoms with van der Waals surface area (Å²) in [5.74, 6) is 0.560. The third kappa shape index (κ3) is 2.77. The zero-order valence-corrected chi connectivity index (χ0v) is 12.3. The molecule has 0 amide bonds. The number of imidazole rings is 1. The maximum Gasteiger partial charge on any atom is 0.201 e. The molecule has 0 aliphatic rings. The Labute approximate surface area is 120 Å². The summed E-state index contributed by atoms with van der Waals surface area (Å²) in [6.07, 6.45) is 5.67. The number of nitrogen functional groups attached to an aromatic ring is 1. The Morgan fingerprint density at radius 3 is 2.75 bits per heavy atom. The monoisotopic (exact) mass is 270 g/mol. The molecule has 20 heavy (non-hydrogen) atoms. The molecule has 0 saturated heterocycles. The van der Waals surface area contributed by atoms with Gasteiger partial charge in [0.15, 0.2) is 0 Å². The van der Waals surface area contributed by atoms with Crippen molar-refractivity contribution in [3.05, 3.63) is 23.8 Å². The molecule has 0 radical (unpaired) electrons. The number of nitriles is 1. The highest BCUT2D eigenvalue weighted by molar-refractivity contribution is 5.80. The number of aromatic nitrogens is 2. The summed E-state index contributed by atoms with van der Waals surface area (Å²) in [7, 11) is 0. The number of fused-ring (bicyclic) bond motifs is 1. The quantitative estimate of drug-likeness (QED) is 0.862. The molecule has 4 heteroatoms. The first-order chi connectivity index (χ1) is 9.71. The van der Waals surface area contributed by atoms with Gasteiger partial charge in [-0.25, -0.2) is 4.98 Å². The Hall–Kier alpha value is -2.02. The molecule has 0 fully saturated rings. The number of hydrogen-bond acceptors (Lipinski definition) is 3. The SMILES string of the molecule is CCCCC(CCC)n1c(N)nc2ccc(C#N)cc21. The lowest BCUT2D eigenvalue weighted by Crippen LogP contribution is -2.12.